The van der Waals surface area contributed by atoms with E-state index in [2.05, 4.69) is 37.9 Å². The van der Waals surface area contributed by atoms with Crippen molar-refractivity contribution in [2.45, 2.75) is 20.0 Å². The third kappa shape index (κ3) is 5.99. The lowest BCUT2D eigenvalue weighted by molar-refractivity contribution is -0.126. The van der Waals surface area contributed by atoms with Crippen molar-refractivity contribution >= 4 is 39.7 Å². The monoisotopic (exact) mass is 467 g/mol. The van der Waals surface area contributed by atoms with Gasteiger partial charge in [-0.1, -0.05) is 29.0 Å². The summed E-state index contributed by atoms with van der Waals surface area (Å²) in [6, 6.07) is 11.8. The summed E-state index contributed by atoms with van der Waals surface area (Å²) >= 11 is 1.05. The Labute approximate surface area is 193 Å². The molecule has 2 amide bonds. The van der Waals surface area contributed by atoms with Crippen LogP contribution in [0.4, 0.5) is 10.1 Å². The van der Waals surface area contributed by atoms with Gasteiger partial charge in [-0.25, -0.2) is 4.39 Å². The van der Waals surface area contributed by atoms with Crippen LogP contribution in [-0.2, 0) is 22.6 Å². The molecule has 2 heterocycles. The second kappa shape index (κ2) is 10.3. The molecule has 4 aromatic rings. The van der Waals surface area contributed by atoms with Gasteiger partial charge in [0.2, 0.25) is 10.9 Å². The van der Waals surface area contributed by atoms with Gasteiger partial charge >= 0.3 is 0 Å². The van der Waals surface area contributed by atoms with E-state index in [1.54, 1.807) is 6.07 Å². The third-order valence-electron chi connectivity index (χ3n) is 4.84. The third-order valence-corrected chi connectivity index (χ3v) is 5.74. The lowest BCUT2D eigenvalue weighted by atomic mass is 10.1. The number of carbonyl (C=O) groups excluding carboxylic acids is 2. The summed E-state index contributed by atoms with van der Waals surface area (Å²) in [5, 5.41) is 14.9. The van der Waals surface area contributed by atoms with Gasteiger partial charge in [-0.15, -0.1) is 10.2 Å². The highest BCUT2D eigenvalue weighted by Crippen LogP contribution is 2.20. The number of nitrogens with one attached hydrogen (secondary N) is 3. The van der Waals surface area contributed by atoms with Crippen LogP contribution in [-0.4, -0.2) is 40.1 Å². The number of H-pyrrole nitrogens is 1. The van der Waals surface area contributed by atoms with Gasteiger partial charge in [-0.2, -0.15) is 0 Å². The number of hydrogen-bond donors (Lipinski definition) is 3. The van der Waals surface area contributed by atoms with Crippen molar-refractivity contribution in [2.24, 2.45) is 0 Å². The molecular weight excluding hydrogens is 445 g/mol. The Balaban J connectivity index is 1.19. The number of ether oxygens (including phenoxy) is 1. The molecule has 0 saturated heterocycles. The molecule has 0 aliphatic rings. The maximum absolute atomic E-state index is 13.2. The maximum Gasteiger partial charge on any atom is 0.286 e. The smallest absolute Gasteiger partial charge is 0.286 e. The fraction of sp³-hybridized carbons (Fsp3) is 0.217. The molecule has 0 unspecified atom stereocenters. The molecule has 4 rings (SSSR count). The van der Waals surface area contributed by atoms with Gasteiger partial charge in [0.15, 0.2) is 0 Å². The van der Waals surface area contributed by atoms with E-state index in [4.69, 9.17) is 4.74 Å². The van der Waals surface area contributed by atoms with E-state index in [1.165, 1.54) is 23.8 Å². The average molecular weight is 468 g/mol. The van der Waals surface area contributed by atoms with Crippen LogP contribution in [0.25, 0.3) is 10.9 Å². The molecule has 0 saturated carbocycles. The Kier molecular flexibility index (Phi) is 7.06. The van der Waals surface area contributed by atoms with Crippen molar-refractivity contribution in [3.8, 4) is 0 Å². The highest BCUT2D eigenvalue weighted by atomic mass is 32.1. The molecule has 0 bridgehead atoms. The van der Waals surface area contributed by atoms with Crippen molar-refractivity contribution in [1.82, 2.24) is 20.5 Å². The largest absolute Gasteiger partial charge is 0.364 e. The van der Waals surface area contributed by atoms with Gasteiger partial charge in [-0.3, -0.25) is 9.59 Å². The van der Waals surface area contributed by atoms with Crippen LogP contribution in [0, 0.1) is 12.7 Å². The molecule has 33 heavy (non-hydrogen) atoms. The molecule has 2 aromatic heterocycles. The molecule has 10 heteroatoms. The molecule has 0 fully saturated rings. The minimum atomic E-state index is -0.491. The number of halogens is 1. The van der Waals surface area contributed by atoms with E-state index < -0.39 is 11.7 Å². The SMILES string of the molecule is Cc1ccc2[nH]cc(CCNC(=O)COCc3nnc(C(=O)Nc4cccc(F)c4)s3)c2c1. The number of aromatic nitrogens is 3. The predicted octanol–water partition coefficient (Wildman–Crippen LogP) is 3.59. The number of aromatic amines is 1. The Hall–Kier alpha value is -3.63. The summed E-state index contributed by atoms with van der Waals surface area (Å²) in [5.41, 5.74) is 3.73. The number of aryl methyl sites for hydroxylation is 1. The standard InChI is InChI=1S/C23H22FN5O3S/c1-14-5-6-19-18(9-14)15(11-26-19)7-8-25-20(30)12-32-13-21-28-29-23(33-21)22(31)27-17-4-2-3-16(24)10-17/h2-6,9-11,26H,7-8,12-13H2,1H3,(H,25,30)(H,27,31). The van der Waals surface area contributed by atoms with Gasteiger partial charge in [0.1, 0.15) is 24.0 Å². The maximum atomic E-state index is 13.2. The Morgan fingerprint density at radius 1 is 1.18 bits per heavy atom. The van der Waals surface area contributed by atoms with E-state index in [0.29, 0.717) is 23.7 Å². The van der Waals surface area contributed by atoms with Gasteiger partial charge in [0.05, 0.1) is 0 Å². The fourth-order valence-electron chi connectivity index (χ4n) is 3.27. The Bertz CT molecular complexity index is 1290. The van der Waals surface area contributed by atoms with Gasteiger partial charge in [-0.05, 0) is 49.2 Å². The lowest BCUT2D eigenvalue weighted by Gasteiger charge is -2.05. The van der Waals surface area contributed by atoms with E-state index >= 15 is 0 Å². The zero-order chi connectivity index (χ0) is 23.2. The highest BCUT2D eigenvalue weighted by molar-refractivity contribution is 7.13. The van der Waals surface area contributed by atoms with Crippen LogP contribution >= 0.6 is 11.3 Å². The molecule has 2 aromatic carbocycles. The quantitative estimate of drug-likeness (QED) is 0.349. The van der Waals surface area contributed by atoms with Crippen LogP contribution in [0.2, 0.25) is 0 Å². The predicted molar refractivity (Wildman–Crippen MR) is 124 cm³/mol. The molecule has 0 aliphatic carbocycles. The number of hydrogen-bond acceptors (Lipinski definition) is 6. The molecule has 0 radical (unpaired) electrons. The number of benzene rings is 2. The van der Waals surface area contributed by atoms with Crippen LogP contribution in [0.3, 0.4) is 0 Å². The first-order valence-corrected chi connectivity index (χ1v) is 11.1. The number of anilines is 1. The molecular formula is C23H22FN5O3S. The number of nitrogens with zero attached hydrogens (tertiary/aromatic N) is 2. The van der Waals surface area contributed by atoms with E-state index in [9.17, 15) is 14.0 Å². The highest BCUT2D eigenvalue weighted by Gasteiger charge is 2.14. The minimum Gasteiger partial charge on any atom is -0.364 e. The molecule has 0 atom stereocenters. The van der Waals surface area contributed by atoms with E-state index in [1.807, 2.05) is 19.2 Å². The lowest BCUT2D eigenvalue weighted by Crippen LogP contribution is -2.29. The number of rotatable bonds is 9. The van der Waals surface area contributed by atoms with Crippen molar-refractivity contribution in [2.75, 3.05) is 18.5 Å². The van der Waals surface area contributed by atoms with Gasteiger partial charge in [0.25, 0.3) is 5.91 Å². The van der Waals surface area contributed by atoms with Crippen molar-refractivity contribution in [3.63, 3.8) is 0 Å². The summed E-state index contributed by atoms with van der Waals surface area (Å²) in [4.78, 5) is 27.5. The summed E-state index contributed by atoms with van der Waals surface area (Å²) < 4.78 is 18.6. The first-order chi connectivity index (χ1) is 16.0. The zero-order valence-corrected chi connectivity index (χ0v) is 18.7. The van der Waals surface area contributed by atoms with Crippen molar-refractivity contribution in [3.05, 3.63) is 75.6 Å². The second-order valence-corrected chi connectivity index (χ2v) is 8.48. The number of carbonyl (C=O) groups is 2. The zero-order valence-electron chi connectivity index (χ0n) is 17.9. The van der Waals surface area contributed by atoms with Crippen LogP contribution in [0.5, 0.6) is 0 Å². The molecule has 3 N–H and O–H groups in total. The summed E-state index contributed by atoms with van der Waals surface area (Å²) in [7, 11) is 0. The normalized spacial score (nSPS) is 11.0. The molecule has 0 aliphatic heterocycles. The Morgan fingerprint density at radius 3 is 2.91 bits per heavy atom. The summed E-state index contributed by atoms with van der Waals surface area (Å²) in [6.07, 6.45) is 2.67. The molecule has 170 valence electrons. The second-order valence-electron chi connectivity index (χ2n) is 7.42. The van der Waals surface area contributed by atoms with E-state index in [0.717, 1.165) is 27.8 Å². The van der Waals surface area contributed by atoms with Crippen molar-refractivity contribution in [1.29, 1.82) is 0 Å². The minimum absolute atomic E-state index is 0.0556. The summed E-state index contributed by atoms with van der Waals surface area (Å²) in [6.45, 7) is 2.47. The van der Waals surface area contributed by atoms with Gasteiger partial charge < -0.3 is 20.4 Å². The Morgan fingerprint density at radius 2 is 2.06 bits per heavy atom. The number of amides is 2. The first kappa shape index (κ1) is 22.6. The van der Waals surface area contributed by atoms with E-state index in [-0.39, 0.29) is 24.1 Å². The molecule has 8 nitrogen and oxygen atoms in total. The van der Waals surface area contributed by atoms with Crippen LogP contribution in [0.15, 0.2) is 48.7 Å². The van der Waals surface area contributed by atoms with Crippen LogP contribution in [0.1, 0.15) is 25.9 Å². The molecule has 0 spiro atoms. The average Bonchev–Trinajstić information content (AvgIpc) is 3.41. The number of fused-ring (bicyclic) bond motifs is 1. The van der Waals surface area contributed by atoms with Crippen molar-refractivity contribution < 1.29 is 18.7 Å². The first-order valence-electron chi connectivity index (χ1n) is 10.3. The van der Waals surface area contributed by atoms with Gasteiger partial charge in [0, 0.05) is 29.3 Å². The van der Waals surface area contributed by atoms with Crippen LogP contribution < -0.4 is 10.6 Å². The fourth-order valence-corrected chi connectivity index (χ4v) is 3.94. The topological polar surface area (TPSA) is 109 Å². The summed E-state index contributed by atoms with van der Waals surface area (Å²) in [5.74, 6) is -1.18.